The number of para-hydroxylation sites is 4. The molecule has 0 radical (unpaired) electrons. The molecule has 0 fully saturated rings. The number of hydrogen-bond donors (Lipinski definition) is 3. The van der Waals surface area contributed by atoms with Crippen molar-refractivity contribution < 1.29 is 186 Å². The van der Waals surface area contributed by atoms with E-state index < -0.39 is 309 Å². The molecule has 0 aliphatic rings. The molecular formula is C100H66F36N8O6. The number of nitrogens with two attached hydrogens (primary N) is 1. The molecule has 0 saturated heterocycles. The summed E-state index contributed by atoms with van der Waals surface area (Å²) < 4.78 is 568. The van der Waals surface area contributed by atoms with Gasteiger partial charge in [-0.05, 0) is 193 Å². The molecular weight excluding hydrogens is 2090 g/mol. The Hall–Kier alpha value is -15.3. The average Bonchev–Trinajstić information content (AvgIpc) is 1.54. The van der Waals surface area contributed by atoms with Crippen LogP contribution in [0.5, 0.6) is 34.5 Å². The molecule has 0 aliphatic heterocycles. The summed E-state index contributed by atoms with van der Waals surface area (Å²) >= 11 is 0. The van der Waals surface area contributed by atoms with Crippen molar-refractivity contribution in [3.05, 3.63) is 346 Å². The SMILES string of the molecule is Nc1c(NNCC(COc2cc(C(F)(F)F)cc(C(F)(F)F)c2)(COc2cc(C(F)(F)F)cc(C(F)(F)F)c2)COc2cc(C(F)(F)F)cc(C(F)(F)F)c2)c(-c2ccc(N(c3ccccc3)c3ccccc3)cc2)c2nn(CC(COc3cc(C(F)(F)F)cc(C(F)(F)F)c3)(COc3cc(C(F)(F)F)cc(C(F)(F)F)c3)COc3cc(C(F)(F)F)cc(C(F)(F)F)c3)nc2c1-c1ccc(N(c2ccccc2)c2ccccc2)cc1. The quantitative estimate of drug-likeness (QED) is 0.0209. The summed E-state index contributed by atoms with van der Waals surface area (Å²) in [6.45, 7) is -14.0. The van der Waals surface area contributed by atoms with E-state index in [2.05, 4.69) is 10.9 Å². The first-order chi connectivity index (χ1) is 69.7. The zero-order valence-corrected chi connectivity index (χ0v) is 75.1. The van der Waals surface area contributed by atoms with E-state index in [-0.39, 0.29) is 95.3 Å². The van der Waals surface area contributed by atoms with Gasteiger partial charge in [-0.2, -0.15) is 173 Å². The van der Waals surface area contributed by atoms with Crippen LogP contribution in [0.2, 0.25) is 0 Å². The molecule has 794 valence electrons. The fraction of sp³-hybridized carbons (Fsp3) is 0.220. The summed E-state index contributed by atoms with van der Waals surface area (Å²) in [6, 6.07) is 38.6. The molecule has 14 aromatic rings. The van der Waals surface area contributed by atoms with Crippen LogP contribution in [-0.2, 0) is 80.7 Å². The van der Waals surface area contributed by atoms with Gasteiger partial charge in [0.15, 0.2) is 0 Å². The molecule has 13 aromatic carbocycles. The molecule has 1 heterocycles. The van der Waals surface area contributed by atoms with Gasteiger partial charge in [0, 0.05) is 51.8 Å². The number of anilines is 8. The van der Waals surface area contributed by atoms with E-state index in [1.165, 1.54) is 48.5 Å². The Kier molecular flexibility index (Phi) is 30.7. The molecule has 0 aliphatic carbocycles. The van der Waals surface area contributed by atoms with Gasteiger partial charge in [0.2, 0.25) is 0 Å². The Balaban J connectivity index is 1.07. The molecule has 4 N–H and O–H groups in total. The number of halogens is 36. The Labute approximate surface area is 821 Å². The van der Waals surface area contributed by atoms with Crippen molar-refractivity contribution in [1.29, 1.82) is 0 Å². The summed E-state index contributed by atoms with van der Waals surface area (Å²) in [5.74, 6) is -9.22. The van der Waals surface area contributed by atoms with Gasteiger partial charge in [-0.25, -0.2) is 5.43 Å². The Morgan fingerprint density at radius 2 is 0.420 bits per heavy atom. The maximum absolute atomic E-state index is 14.9. The lowest BCUT2D eigenvalue weighted by atomic mass is 9.90. The number of benzene rings is 13. The van der Waals surface area contributed by atoms with Crippen molar-refractivity contribution in [3.8, 4) is 56.8 Å². The maximum Gasteiger partial charge on any atom is 0.416 e. The van der Waals surface area contributed by atoms with Crippen LogP contribution in [0.4, 0.5) is 204 Å². The third-order valence-electron chi connectivity index (χ3n) is 22.6. The number of fused-ring (bicyclic) bond motifs is 1. The number of nitrogens with one attached hydrogen (secondary N) is 2. The van der Waals surface area contributed by atoms with Gasteiger partial charge in [0.25, 0.3) is 0 Å². The summed E-state index contributed by atoms with van der Waals surface area (Å²) in [4.78, 5) is 3.65. The zero-order valence-electron chi connectivity index (χ0n) is 75.1. The van der Waals surface area contributed by atoms with Crippen LogP contribution < -0.4 is 54.8 Å². The first-order valence-electron chi connectivity index (χ1n) is 42.9. The number of hydrogen-bond acceptors (Lipinski definition) is 13. The van der Waals surface area contributed by atoms with E-state index in [1.54, 1.807) is 131 Å². The maximum atomic E-state index is 14.9. The number of hydrazine groups is 1. The lowest BCUT2D eigenvalue weighted by Crippen LogP contribution is -2.49. The van der Waals surface area contributed by atoms with E-state index in [0.717, 1.165) is 0 Å². The molecule has 14 nitrogen and oxygen atoms in total. The average molecular weight is 2160 g/mol. The van der Waals surface area contributed by atoms with E-state index in [1.807, 2.05) is 0 Å². The first-order valence-corrected chi connectivity index (χ1v) is 42.9. The minimum atomic E-state index is -5.79. The predicted molar refractivity (Wildman–Crippen MR) is 470 cm³/mol. The van der Waals surface area contributed by atoms with Crippen LogP contribution in [-0.4, -0.2) is 61.2 Å². The minimum absolute atomic E-state index is 0.125. The van der Waals surface area contributed by atoms with E-state index in [9.17, 15) is 158 Å². The number of rotatable bonds is 32. The lowest BCUT2D eigenvalue weighted by Gasteiger charge is -2.34. The van der Waals surface area contributed by atoms with Gasteiger partial charge in [0.05, 0.1) is 95.5 Å². The number of nitrogen functional groups attached to an aromatic ring is 1. The normalized spacial score (nSPS) is 13.1. The van der Waals surface area contributed by atoms with Crippen LogP contribution >= 0.6 is 0 Å². The van der Waals surface area contributed by atoms with Gasteiger partial charge in [-0.1, -0.05) is 97.1 Å². The standard InChI is InChI=1S/C100H66F36N8O6/c101-89(102,103)57-29-58(90(104,105)106)36-75(35-57)145-49-87(50-146-76-37-59(91(107,108)109)30-60(38-76)92(110,111)112,51-147-77-39-61(93(113,114)115)31-62(40-77)94(116,117)118)47-138-139-84-82(56-23-27-74(28-24-56)144(71-17-9-3-10-18-71)72-19-11-4-12-20-72)86-85(81(83(84)137)55-21-25-73(26-22-55)143(69-13-5-1-6-14-69)70-15-7-2-8-16-70)140-142(141-86)48-88(52-148-78-41-63(95(119,120)121)32-64(42-78)96(122,123)124,53-149-79-43-65(97(125,126)127)33-66(44-79)98(128,129)130)54-150-80-45-67(99(131,132)133)34-68(46-80)100(134,135)136/h1-46,138-139H,47-54,137H2. The van der Waals surface area contributed by atoms with Crippen LogP contribution in [0.1, 0.15) is 66.8 Å². The highest BCUT2D eigenvalue weighted by Gasteiger charge is 2.48. The van der Waals surface area contributed by atoms with Crippen molar-refractivity contribution in [2.24, 2.45) is 10.8 Å². The Bertz CT molecular complexity index is 6430. The molecule has 0 spiro atoms. The Morgan fingerprint density at radius 1 is 0.233 bits per heavy atom. The zero-order chi connectivity index (χ0) is 109. The van der Waals surface area contributed by atoms with Gasteiger partial charge in [-0.3, -0.25) is 0 Å². The molecule has 50 heteroatoms. The van der Waals surface area contributed by atoms with Crippen LogP contribution in [0.15, 0.2) is 279 Å². The number of alkyl halides is 36. The summed E-state index contributed by atoms with van der Waals surface area (Å²) in [6.07, 6.45) is -69.4. The fourth-order valence-corrected chi connectivity index (χ4v) is 15.4. The summed E-state index contributed by atoms with van der Waals surface area (Å²) in [5, 5.41) is 9.46. The molecule has 0 unspecified atom stereocenters. The second-order valence-electron chi connectivity index (χ2n) is 33.7. The van der Waals surface area contributed by atoms with Crippen molar-refractivity contribution >= 4 is 56.5 Å². The number of aromatic nitrogens is 3. The van der Waals surface area contributed by atoms with Crippen molar-refractivity contribution in [1.82, 2.24) is 20.4 Å². The van der Waals surface area contributed by atoms with Crippen molar-refractivity contribution in [3.63, 3.8) is 0 Å². The molecule has 0 amide bonds. The molecule has 1 aromatic heterocycles. The molecule has 0 saturated carbocycles. The highest BCUT2D eigenvalue weighted by Crippen LogP contribution is 2.53. The monoisotopic (exact) mass is 2160 g/mol. The number of ether oxygens (including phenoxy) is 6. The summed E-state index contributed by atoms with van der Waals surface area (Å²) in [5.41, 5.74) is -22.2. The highest BCUT2D eigenvalue weighted by molar-refractivity contribution is 6.13. The molecule has 150 heavy (non-hydrogen) atoms. The van der Waals surface area contributed by atoms with Crippen LogP contribution in [0.3, 0.4) is 0 Å². The third-order valence-corrected chi connectivity index (χ3v) is 22.6. The van der Waals surface area contributed by atoms with Gasteiger partial charge < -0.3 is 49.4 Å². The molecule has 0 bridgehead atoms. The van der Waals surface area contributed by atoms with Crippen LogP contribution in [0.25, 0.3) is 33.3 Å². The van der Waals surface area contributed by atoms with Gasteiger partial charge in [-0.15, -0.1) is 0 Å². The van der Waals surface area contributed by atoms with E-state index in [0.29, 0.717) is 27.5 Å². The van der Waals surface area contributed by atoms with Crippen molar-refractivity contribution in [2.75, 3.05) is 67.1 Å². The second kappa shape index (κ2) is 41.7. The van der Waals surface area contributed by atoms with Crippen LogP contribution in [0, 0.1) is 10.8 Å². The third kappa shape index (κ3) is 26.9. The smallest absolute Gasteiger partial charge is 0.416 e. The predicted octanol–water partition coefficient (Wildman–Crippen LogP) is 31.9. The fourth-order valence-electron chi connectivity index (χ4n) is 15.4. The highest BCUT2D eigenvalue weighted by atomic mass is 19.5. The van der Waals surface area contributed by atoms with E-state index in [4.69, 9.17) is 44.4 Å². The minimum Gasteiger partial charge on any atom is -0.493 e. The lowest BCUT2D eigenvalue weighted by molar-refractivity contribution is -0.145. The largest absolute Gasteiger partial charge is 0.493 e. The van der Waals surface area contributed by atoms with Gasteiger partial charge >= 0.3 is 74.1 Å². The summed E-state index contributed by atoms with van der Waals surface area (Å²) in [7, 11) is 0. The topological polar surface area (TPSA) is 143 Å². The number of nitrogens with zero attached hydrogens (tertiary/aromatic N) is 5. The van der Waals surface area contributed by atoms with E-state index >= 15 is 0 Å². The molecule has 14 rings (SSSR count). The second-order valence-corrected chi connectivity index (χ2v) is 33.7. The first kappa shape index (κ1) is 110. The van der Waals surface area contributed by atoms with Gasteiger partial charge in [0.1, 0.15) is 85.2 Å². The Morgan fingerprint density at radius 3 is 0.627 bits per heavy atom. The molecule has 0 atom stereocenters. The van der Waals surface area contributed by atoms with Crippen molar-refractivity contribution in [2.45, 2.75) is 80.7 Å².